The molecule has 164 valence electrons. The van der Waals surface area contributed by atoms with Gasteiger partial charge in [0.2, 0.25) is 0 Å². The molecular formula is C24H24F2N6. The van der Waals surface area contributed by atoms with Crippen molar-refractivity contribution in [3.05, 3.63) is 64.9 Å². The van der Waals surface area contributed by atoms with E-state index < -0.39 is 5.82 Å². The number of hydrogen-bond acceptors (Lipinski definition) is 6. The zero-order chi connectivity index (χ0) is 21.8. The molecule has 2 saturated heterocycles. The number of benzene rings is 1. The van der Waals surface area contributed by atoms with Crippen LogP contribution in [0.3, 0.4) is 0 Å². The van der Waals surface area contributed by atoms with Crippen LogP contribution >= 0.6 is 0 Å². The molecular weight excluding hydrogens is 410 g/mol. The fraction of sp³-hybridized carbons (Fsp3) is 0.375. The summed E-state index contributed by atoms with van der Waals surface area (Å²) in [5.41, 5.74) is 1.91. The van der Waals surface area contributed by atoms with Gasteiger partial charge in [0.1, 0.15) is 28.7 Å². The Kier molecular flexibility index (Phi) is 4.57. The van der Waals surface area contributed by atoms with E-state index in [9.17, 15) is 4.39 Å². The van der Waals surface area contributed by atoms with Gasteiger partial charge in [-0.25, -0.2) is 18.7 Å². The summed E-state index contributed by atoms with van der Waals surface area (Å²) in [7, 11) is 0. The summed E-state index contributed by atoms with van der Waals surface area (Å²) in [5.74, 6) is 0.413. The van der Waals surface area contributed by atoms with E-state index in [0.29, 0.717) is 47.4 Å². The smallest absolute Gasteiger partial charge is 0.175 e. The lowest BCUT2D eigenvalue weighted by atomic mass is 9.94. The maximum Gasteiger partial charge on any atom is 0.175 e. The highest BCUT2D eigenvalue weighted by Gasteiger charge is 2.34. The zero-order valence-electron chi connectivity index (χ0n) is 17.8. The number of pyridine rings is 1. The van der Waals surface area contributed by atoms with Gasteiger partial charge in [0.15, 0.2) is 5.82 Å². The van der Waals surface area contributed by atoms with Crippen molar-refractivity contribution < 1.29 is 8.78 Å². The molecule has 2 fully saturated rings. The number of anilines is 1. The number of hydrogen-bond donors (Lipinski definition) is 2. The first-order valence-electron chi connectivity index (χ1n) is 11.2. The van der Waals surface area contributed by atoms with Gasteiger partial charge in [-0.3, -0.25) is 4.98 Å². The molecule has 2 unspecified atom stereocenters. The molecule has 0 radical (unpaired) electrons. The first-order chi connectivity index (χ1) is 15.6. The SMILES string of the molecule is CCc1nc(N2CC3CCC(C2)N3)c2cnc(C3=CNCc4cccc(F)c43)c(F)c2n1. The van der Waals surface area contributed by atoms with Crippen LogP contribution in [0.25, 0.3) is 16.5 Å². The average molecular weight is 434 g/mol. The molecule has 0 amide bonds. The molecule has 6 nitrogen and oxygen atoms in total. The molecule has 2 bridgehead atoms. The molecule has 6 rings (SSSR count). The molecule has 2 atom stereocenters. The standard InChI is InChI=1S/C24H24F2N6/c1-2-19-30-23-17(24(31-19)32-11-14-6-7-15(12-32)29-14)10-28-22(21(23)26)16-9-27-8-13-4-3-5-18(25)20(13)16/h3-5,9-10,14-15,27,29H,2,6-8,11-12H2,1H3. The van der Waals surface area contributed by atoms with Gasteiger partial charge in [-0.05, 0) is 24.5 Å². The third kappa shape index (κ3) is 3.04. The Hall–Kier alpha value is -3.13. The maximum atomic E-state index is 15.9. The monoisotopic (exact) mass is 434 g/mol. The van der Waals surface area contributed by atoms with Crippen molar-refractivity contribution in [1.29, 1.82) is 0 Å². The number of fused-ring (bicyclic) bond motifs is 4. The Balaban J connectivity index is 1.51. The third-order valence-electron chi connectivity index (χ3n) is 6.71. The fourth-order valence-electron chi connectivity index (χ4n) is 5.18. The summed E-state index contributed by atoms with van der Waals surface area (Å²) in [5, 5.41) is 7.33. The van der Waals surface area contributed by atoms with Gasteiger partial charge < -0.3 is 15.5 Å². The molecule has 3 aliphatic heterocycles. The first-order valence-corrected chi connectivity index (χ1v) is 11.2. The quantitative estimate of drug-likeness (QED) is 0.660. The van der Waals surface area contributed by atoms with E-state index >= 15 is 4.39 Å². The minimum Gasteiger partial charge on any atom is -0.386 e. The van der Waals surface area contributed by atoms with E-state index in [2.05, 4.69) is 25.5 Å². The minimum atomic E-state index is -0.539. The van der Waals surface area contributed by atoms with Crippen molar-refractivity contribution in [3.63, 3.8) is 0 Å². The van der Waals surface area contributed by atoms with Crippen LogP contribution < -0.4 is 15.5 Å². The Labute approximate surface area is 184 Å². The number of aryl methyl sites for hydroxylation is 1. The van der Waals surface area contributed by atoms with E-state index in [1.165, 1.54) is 6.07 Å². The number of rotatable bonds is 3. The highest BCUT2D eigenvalue weighted by molar-refractivity contribution is 5.93. The fourth-order valence-corrected chi connectivity index (χ4v) is 5.18. The Bertz CT molecular complexity index is 1240. The van der Waals surface area contributed by atoms with E-state index in [-0.39, 0.29) is 17.0 Å². The molecule has 0 spiro atoms. The predicted molar refractivity (Wildman–Crippen MR) is 119 cm³/mol. The lowest BCUT2D eigenvalue weighted by Crippen LogP contribution is -2.51. The molecule has 3 aliphatic rings. The molecule has 8 heteroatoms. The van der Waals surface area contributed by atoms with E-state index in [0.717, 1.165) is 37.3 Å². The Morgan fingerprint density at radius 3 is 2.72 bits per heavy atom. The molecule has 2 N–H and O–H groups in total. The highest BCUT2D eigenvalue weighted by Crippen LogP contribution is 2.35. The van der Waals surface area contributed by atoms with Gasteiger partial charge >= 0.3 is 0 Å². The average Bonchev–Trinajstić information content (AvgIpc) is 3.16. The van der Waals surface area contributed by atoms with Crippen molar-refractivity contribution in [2.75, 3.05) is 18.0 Å². The molecule has 32 heavy (non-hydrogen) atoms. The molecule has 5 heterocycles. The molecule has 1 aromatic carbocycles. The van der Waals surface area contributed by atoms with Crippen LogP contribution in [-0.2, 0) is 13.0 Å². The second-order valence-electron chi connectivity index (χ2n) is 8.76. The van der Waals surface area contributed by atoms with Gasteiger partial charge in [0.25, 0.3) is 0 Å². The van der Waals surface area contributed by atoms with Crippen LogP contribution in [0, 0.1) is 11.6 Å². The number of halogens is 2. The molecule has 2 aromatic heterocycles. The normalized spacial score (nSPS) is 22.0. The Morgan fingerprint density at radius 2 is 1.94 bits per heavy atom. The lowest BCUT2D eigenvalue weighted by Gasteiger charge is -2.34. The van der Waals surface area contributed by atoms with Crippen LogP contribution in [0.4, 0.5) is 14.6 Å². The first kappa shape index (κ1) is 19.5. The van der Waals surface area contributed by atoms with Crippen molar-refractivity contribution in [3.8, 4) is 0 Å². The molecule has 0 aliphatic carbocycles. The van der Waals surface area contributed by atoms with Crippen LogP contribution in [0.5, 0.6) is 0 Å². The maximum absolute atomic E-state index is 15.9. The summed E-state index contributed by atoms with van der Waals surface area (Å²) in [6, 6.07) is 5.76. The van der Waals surface area contributed by atoms with Crippen molar-refractivity contribution in [1.82, 2.24) is 25.6 Å². The number of aromatic nitrogens is 3. The summed E-state index contributed by atoms with van der Waals surface area (Å²) in [6.07, 6.45) is 6.17. The van der Waals surface area contributed by atoms with Crippen LogP contribution in [0.1, 0.15) is 42.4 Å². The van der Waals surface area contributed by atoms with Gasteiger partial charge in [-0.2, -0.15) is 0 Å². The number of piperazine rings is 1. The summed E-state index contributed by atoms with van der Waals surface area (Å²) in [6.45, 7) is 4.13. The van der Waals surface area contributed by atoms with Gasteiger partial charge in [-0.1, -0.05) is 19.1 Å². The third-order valence-corrected chi connectivity index (χ3v) is 6.71. The van der Waals surface area contributed by atoms with E-state index in [1.807, 2.05) is 13.0 Å². The van der Waals surface area contributed by atoms with Crippen molar-refractivity contribution in [2.45, 2.75) is 44.8 Å². The Morgan fingerprint density at radius 1 is 1.12 bits per heavy atom. The summed E-state index contributed by atoms with van der Waals surface area (Å²) < 4.78 is 30.6. The van der Waals surface area contributed by atoms with Gasteiger partial charge in [0, 0.05) is 61.7 Å². The number of nitrogens with one attached hydrogen (secondary N) is 2. The lowest BCUT2D eigenvalue weighted by molar-refractivity contribution is 0.464. The summed E-state index contributed by atoms with van der Waals surface area (Å²) in [4.78, 5) is 16.0. The van der Waals surface area contributed by atoms with E-state index in [4.69, 9.17) is 4.98 Å². The van der Waals surface area contributed by atoms with Crippen LogP contribution in [0.15, 0.2) is 30.6 Å². The summed E-state index contributed by atoms with van der Waals surface area (Å²) >= 11 is 0. The van der Waals surface area contributed by atoms with Gasteiger partial charge in [-0.15, -0.1) is 0 Å². The highest BCUT2D eigenvalue weighted by atomic mass is 19.1. The van der Waals surface area contributed by atoms with Crippen molar-refractivity contribution in [2.24, 2.45) is 0 Å². The topological polar surface area (TPSA) is 66.0 Å². The second kappa shape index (κ2) is 7.48. The van der Waals surface area contributed by atoms with E-state index in [1.54, 1.807) is 18.5 Å². The van der Waals surface area contributed by atoms with Crippen LogP contribution in [0.2, 0.25) is 0 Å². The molecule has 0 saturated carbocycles. The molecule has 3 aromatic rings. The second-order valence-corrected chi connectivity index (χ2v) is 8.76. The predicted octanol–water partition coefficient (Wildman–Crippen LogP) is 3.30. The minimum absolute atomic E-state index is 0.100. The zero-order valence-corrected chi connectivity index (χ0v) is 17.8. The van der Waals surface area contributed by atoms with Crippen LogP contribution in [-0.4, -0.2) is 40.1 Å². The van der Waals surface area contributed by atoms with Crippen molar-refractivity contribution >= 4 is 22.3 Å². The number of nitrogens with zero attached hydrogens (tertiary/aromatic N) is 4. The largest absolute Gasteiger partial charge is 0.386 e. The van der Waals surface area contributed by atoms with Gasteiger partial charge in [0.05, 0.1) is 5.39 Å².